The number of nitrogens with one attached hydrogen (secondary N) is 2. The number of nitrogens with two attached hydrogens (primary N) is 1. The normalized spacial score (nSPS) is 11.9. The Bertz CT molecular complexity index is 594. The van der Waals surface area contributed by atoms with Crippen molar-refractivity contribution >= 4 is 17.3 Å². The maximum Gasteiger partial charge on any atom is 0.253 e. The van der Waals surface area contributed by atoms with Crippen molar-refractivity contribution in [2.75, 3.05) is 17.6 Å². The molecule has 1 unspecified atom stereocenters. The molecule has 0 bridgehead atoms. The Morgan fingerprint density at radius 3 is 2.95 bits per heavy atom. The number of carbonyl (C=O) groups excluding carboxylic acids is 1. The van der Waals surface area contributed by atoms with Gasteiger partial charge in [-0.05, 0) is 32.0 Å². The van der Waals surface area contributed by atoms with E-state index in [9.17, 15) is 4.79 Å². The van der Waals surface area contributed by atoms with Crippen molar-refractivity contribution in [1.29, 1.82) is 0 Å². The van der Waals surface area contributed by atoms with Crippen LogP contribution in [0.1, 0.15) is 24.2 Å². The second-order valence-electron chi connectivity index (χ2n) is 4.97. The Morgan fingerprint density at radius 2 is 2.29 bits per heavy atom. The van der Waals surface area contributed by atoms with Crippen molar-refractivity contribution in [2.24, 2.45) is 0 Å². The number of rotatable bonds is 6. The molecule has 2 aromatic rings. The zero-order chi connectivity index (χ0) is 15.2. The van der Waals surface area contributed by atoms with Gasteiger partial charge < -0.3 is 20.9 Å². The van der Waals surface area contributed by atoms with Crippen molar-refractivity contribution in [1.82, 2.24) is 14.9 Å². The fourth-order valence-electron chi connectivity index (χ4n) is 2.16. The molecular formula is C15H21N5O. The first-order valence-corrected chi connectivity index (χ1v) is 7.00. The number of nitrogen functional groups attached to an aromatic ring is 1. The largest absolute Gasteiger partial charge is 0.399 e. The molecule has 0 aliphatic carbocycles. The van der Waals surface area contributed by atoms with Gasteiger partial charge in [0.25, 0.3) is 5.91 Å². The van der Waals surface area contributed by atoms with E-state index in [0.29, 0.717) is 17.8 Å². The van der Waals surface area contributed by atoms with Crippen molar-refractivity contribution in [2.45, 2.75) is 26.4 Å². The van der Waals surface area contributed by atoms with Crippen LogP contribution < -0.4 is 16.4 Å². The summed E-state index contributed by atoms with van der Waals surface area (Å²) < 4.78 is 1.98. The Morgan fingerprint density at radius 1 is 1.48 bits per heavy atom. The van der Waals surface area contributed by atoms with Crippen molar-refractivity contribution in [3.05, 3.63) is 42.5 Å². The third-order valence-electron chi connectivity index (χ3n) is 3.07. The molecule has 1 heterocycles. The molecule has 21 heavy (non-hydrogen) atoms. The van der Waals surface area contributed by atoms with E-state index in [2.05, 4.69) is 15.6 Å². The highest BCUT2D eigenvalue weighted by Gasteiger charge is 2.13. The summed E-state index contributed by atoms with van der Waals surface area (Å²) in [6.45, 7) is 5.28. The summed E-state index contributed by atoms with van der Waals surface area (Å²) in [5.41, 5.74) is 7.80. The van der Waals surface area contributed by atoms with Crippen LogP contribution in [0.4, 0.5) is 11.4 Å². The van der Waals surface area contributed by atoms with Gasteiger partial charge in [0.1, 0.15) is 0 Å². The zero-order valence-electron chi connectivity index (χ0n) is 12.3. The van der Waals surface area contributed by atoms with Crippen molar-refractivity contribution < 1.29 is 4.79 Å². The van der Waals surface area contributed by atoms with Gasteiger partial charge >= 0.3 is 0 Å². The Hall–Kier alpha value is -2.50. The highest BCUT2D eigenvalue weighted by molar-refractivity contribution is 6.00. The summed E-state index contributed by atoms with van der Waals surface area (Å²) >= 11 is 0. The molecule has 0 radical (unpaired) electrons. The number of nitrogens with zero attached hydrogens (tertiary/aromatic N) is 2. The summed E-state index contributed by atoms with van der Waals surface area (Å²) in [4.78, 5) is 16.1. The Labute approximate surface area is 124 Å². The van der Waals surface area contributed by atoms with Crippen LogP contribution in [0.25, 0.3) is 0 Å². The predicted octanol–water partition coefficient (Wildman–Crippen LogP) is 1.72. The lowest BCUT2D eigenvalue weighted by atomic mass is 10.1. The van der Waals surface area contributed by atoms with E-state index in [1.807, 2.05) is 24.6 Å². The Kier molecular flexibility index (Phi) is 4.81. The number of aromatic nitrogens is 2. The summed E-state index contributed by atoms with van der Waals surface area (Å²) in [5.74, 6) is -0.102. The van der Waals surface area contributed by atoms with E-state index in [1.165, 1.54) is 0 Å². The molecule has 0 aliphatic heterocycles. The summed E-state index contributed by atoms with van der Waals surface area (Å²) in [5, 5.41) is 6.14. The van der Waals surface area contributed by atoms with Gasteiger partial charge in [-0.3, -0.25) is 4.79 Å². The van der Waals surface area contributed by atoms with Crippen molar-refractivity contribution in [3.8, 4) is 0 Å². The highest BCUT2D eigenvalue weighted by atomic mass is 16.1. The minimum absolute atomic E-state index is 0.102. The first kappa shape index (κ1) is 14.9. The van der Waals surface area contributed by atoms with Crippen LogP contribution in [0.5, 0.6) is 0 Å². The third-order valence-corrected chi connectivity index (χ3v) is 3.07. The predicted molar refractivity (Wildman–Crippen MR) is 84.2 cm³/mol. The molecule has 1 atom stereocenters. The quantitative estimate of drug-likeness (QED) is 0.706. The van der Waals surface area contributed by atoms with Crippen molar-refractivity contribution in [3.63, 3.8) is 0 Å². The minimum atomic E-state index is -0.102. The number of hydrogen-bond acceptors (Lipinski definition) is 4. The molecule has 4 N–H and O–H groups in total. The molecule has 112 valence electrons. The van der Waals surface area contributed by atoms with Crippen LogP contribution in [0, 0.1) is 0 Å². The van der Waals surface area contributed by atoms with E-state index in [4.69, 9.17) is 5.73 Å². The van der Waals surface area contributed by atoms with Crippen LogP contribution >= 0.6 is 0 Å². The lowest BCUT2D eigenvalue weighted by Crippen LogP contribution is -2.27. The number of anilines is 2. The lowest BCUT2D eigenvalue weighted by Gasteiger charge is -2.18. The van der Waals surface area contributed by atoms with Gasteiger partial charge in [0, 0.05) is 42.9 Å². The fourth-order valence-corrected chi connectivity index (χ4v) is 2.16. The molecule has 1 aromatic heterocycles. The van der Waals surface area contributed by atoms with E-state index in [-0.39, 0.29) is 11.9 Å². The van der Waals surface area contributed by atoms with Gasteiger partial charge in [0.15, 0.2) is 0 Å². The van der Waals surface area contributed by atoms with E-state index < -0.39 is 0 Å². The molecule has 6 heteroatoms. The first-order chi connectivity index (χ1) is 10.1. The number of carbonyl (C=O) groups is 1. The number of benzene rings is 1. The zero-order valence-corrected chi connectivity index (χ0v) is 12.3. The summed E-state index contributed by atoms with van der Waals surface area (Å²) in [6, 6.07) is 5.40. The van der Waals surface area contributed by atoms with Gasteiger partial charge in [-0.15, -0.1) is 0 Å². The Balaban J connectivity index is 2.13. The molecule has 1 aromatic carbocycles. The monoisotopic (exact) mass is 287 g/mol. The molecule has 0 fully saturated rings. The fraction of sp³-hybridized carbons (Fsp3) is 0.333. The SMILES string of the molecule is CCNC(=O)c1ccc(N)cc1NC(C)Cn1ccnc1. The molecule has 0 spiro atoms. The van der Waals surface area contributed by atoms with Gasteiger partial charge in [0.05, 0.1) is 11.9 Å². The average molecular weight is 287 g/mol. The number of amides is 1. The van der Waals surface area contributed by atoms with Crippen LogP contribution in [0.3, 0.4) is 0 Å². The van der Waals surface area contributed by atoms with E-state index in [1.54, 1.807) is 30.7 Å². The van der Waals surface area contributed by atoms with Gasteiger partial charge in [-0.2, -0.15) is 0 Å². The molecule has 6 nitrogen and oxygen atoms in total. The molecule has 2 rings (SSSR count). The average Bonchev–Trinajstić information content (AvgIpc) is 2.91. The molecule has 0 saturated carbocycles. The van der Waals surface area contributed by atoms with Crippen LogP contribution in [-0.2, 0) is 6.54 Å². The standard InChI is InChI=1S/C15H21N5O/c1-3-18-15(21)13-5-4-12(16)8-14(13)19-11(2)9-20-7-6-17-10-20/h4-8,10-11,19H,3,9,16H2,1-2H3,(H,18,21). The van der Waals surface area contributed by atoms with Gasteiger partial charge in [-0.25, -0.2) is 4.98 Å². The molecule has 0 saturated heterocycles. The first-order valence-electron chi connectivity index (χ1n) is 7.00. The summed E-state index contributed by atoms with van der Waals surface area (Å²) in [7, 11) is 0. The van der Waals surface area contributed by atoms with Gasteiger partial charge in [0.2, 0.25) is 0 Å². The minimum Gasteiger partial charge on any atom is -0.399 e. The second-order valence-corrected chi connectivity index (χ2v) is 4.97. The molecular weight excluding hydrogens is 266 g/mol. The van der Waals surface area contributed by atoms with Crippen LogP contribution in [0.15, 0.2) is 36.9 Å². The molecule has 1 amide bonds. The van der Waals surface area contributed by atoms with E-state index >= 15 is 0 Å². The second kappa shape index (κ2) is 6.78. The number of hydrogen-bond donors (Lipinski definition) is 3. The van der Waals surface area contributed by atoms with Crippen LogP contribution in [0.2, 0.25) is 0 Å². The third kappa shape index (κ3) is 3.98. The molecule has 0 aliphatic rings. The van der Waals surface area contributed by atoms with Crippen LogP contribution in [-0.4, -0.2) is 28.0 Å². The number of imidazole rings is 1. The van der Waals surface area contributed by atoms with E-state index in [0.717, 1.165) is 12.2 Å². The lowest BCUT2D eigenvalue weighted by molar-refractivity contribution is 0.0956. The summed E-state index contributed by atoms with van der Waals surface area (Å²) in [6.07, 6.45) is 5.41. The maximum atomic E-state index is 12.1. The topological polar surface area (TPSA) is 85.0 Å². The smallest absolute Gasteiger partial charge is 0.253 e. The highest BCUT2D eigenvalue weighted by Crippen LogP contribution is 2.20. The van der Waals surface area contributed by atoms with Gasteiger partial charge in [-0.1, -0.05) is 0 Å². The maximum absolute atomic E-state index is 12.1.